The molecule has 0 radical (unpaired) electrons. The van der Waals surface area contributed by atoms with Crippen molar-refractivity contribution in [3.05, 3.63) is 72.3 Å². The smallest absolute Gasteiger partial charge is 0.158 e. The normalized spacial score (nSPS) is 11.0. The van der Waals surface area contributed by atoms with Crippen LogP contribution in [0, 0.1) is 0 Å². The number of carbonyl (C=O) groups is 1. The fraction of sp³-hybridized carbons (Fsp3) is 0. The van der Waals surface area contributed by atoms with Gasteiger partial charge in [0.1, 0.15) is 0 Å². The molecule has 0 amide bonds. The first-order valence-corrected chi connectivity index (χ1v) is 7.61. The SMILES string of the molecule is O=Cc1c2ccccc2cc2cccc(-c3ccc(O)c(O)c3)c12. The molecular formula is C21H14O3. The van der Waals surface area contributed by atoms with E-state index in [1.54, 1.807) is 6.07 Å². The number of hydrogen-bond donors (Lipinski definition) is 2. The van der Waals surface area contributed by atoms with Gasteiger partial charge in [0.2, 0.25) is 0 Å². The molecule has 4 aromatic rings. The highest BCUT2D eigenvalue weighted by molar-refractivity contribution is 6.16. The van der Waals surface area contributed by atoms with Crippen LogP contribution in [0.25, 0.3) is 32.7 Å². The Morgan fingerprint density at radius 2 is 1.54 bits per heavy atom. The van der Waals surface area contributed by atoms with Crippen LogP contribution in [-0.4, -0.2) is 16.5 Å². The molecule has 0 fully saturated rings. The first-order chi connectivity index (χ1) is 11.7. The average Bonchev–Trinajstić information content (AvgIpc) is 2.61. The molecular weight excluding hydrogens is 300 g/mol. The van der Waals surface area contributed by atoms with Crippen LogP contribution in [0.2, 0.25) is 0 Å². The van der Waals surface area contributed by atoms with Crippen LogP contribution >= 0.6 is 0 Å². The van der Waals surface area contributed by atoms with Crippen LogP contribution in [0.4, 0.5) is 0 Å². The summed E-state index contributed by atoms with van der Waals surface area (Å²) in [6.07, 6.45) is 0.883. The number of fused-ring (bicyclic) bond motifs is 2. The fourth-order valence-electron chi connectivity index (χ4n) is 3.22. The molecule has 24 heavy (non-hydrogen) atoms. The molecule has 0 aromatic heterocycles. The van der Waals surface area contributed by atoms with E-state index < -0.39 is 0 Å². The van der Waals surface area contributed by atoms with Gasteiger partial charge >= 0.3 is 0 Å². The molecule has 2 N–H and O–H groups in total. The highest BCUT2D eigenvalue weighted by Gasteiger charge is 2.13. The van der Waals surface area contributed by atoms with E-state index in [0.29, 0.717) is 5.56 Å². The third kappa shape index (κ3) is 2.10. The van der Waals surface area contributed by atoms with E-state index in [9.17, 15) is 15.0 Å². The lowest BCUT2D eigenvalue weighted by Gasteiger charge is -2.12. The molecule has 0 atom stereocenters. The van der Waals surface area contributed by atoms with Crippen LogP contribution < -0.4 is 0 Å². The summed E-state index contributed by atoms with van der Waals surface area (Å²) < 4.78 is 0. The molecule has 3 heteroatoms. The number of aromatic hydroxyl groups is 2. The predicted octanol–water partition coefficient (Wildman–Crippen LogP) is 4.88. The van der Waals surface area contributed by atoms with E-state index in [0.717, 1.165) is 39.0 Å². The third-order valence-corrected chi connectivity index (χ3v) is 4.33. The van der Waals surface area contributed by atoms with Crippen molar-refractivity contribution >= 4 is 27.8 Å². The van der Waals surface area contributed by atoms with Crippen LogP contribution in [0.3, 0.4) is 0 Å². The van der Waals surface area contributed by atoms with Crippen molar-refractivity contribution in [2.24, 2.45) is 0 Å². The second-order valence-corrected chi connectivity index (χ2v) is 5.74. The number of carbonyl (C=O) groups excluding carboxylic acids is 1. The molecule has 116 valence electrons. The van der Waals surface area contributed by atoms with E-state index in [4.69, 9.17) is 0 Å². The van der Waals surface area contributed by atoms with Crippen molar-refractivity contribution in [1.82, 2.24) is 0 Å². The second-order valence-electron chi connectivity index (χ2n) is 5.74. The molecule has 0 aliphatic rings. The van der Waals surface area contributed by atoms with Gasteiger partial charge in [-0.05, 0) is 45.5 Å². The molecule has 4 aromatic carbocycles. The molecule has 0 heterocycles. The maximum absolute atomic E-state index is 11.8. The Labute approximate surface area is 138 Å². The average molecular weight is 314 g/mol. The Hall–Kier alpha value is -3.33. The molecule has 0 unspecified atom stereocenters. The van der Waals surface area contributed by atoms with Gasteiger partial charge in [-0.25, -0.2) is 0 Å². The Kier molecular flexibility index (Phi) is 3.21. The van der Waals surface area contributed by atoms with Crippen LogP contribution in [0.1, 0.15) is 10.4 Å². The van der Waals surface area contributed by atoms with Gasteiger partial charge in [0.25, 0.3) is 0 Å². The number of rotatable bonds is 2. The topological polar surface area (TPSA) is 57.5 Å². The number of phenolic OH excluding ortho intramolecular Hbond substituents is 2. The number of hydrogen-bond acceptors (Lipinski definition) is 3. The van der Waals surface area contributed by atoms with Crippen molar-refractivity contribution in [3.8, 4) is 22.6 Å². The summed E-state index contributed by atoms with van der Waals surface area (Å²) in [5, 5.41) is 23.1. The standard InChI is InChI=1S/C21H14O3/c22-12-18-16-6-2-1-4-13(16)10-15-5-3-7-17(21(15)18)14-8-9-19(23)20(24)11-14/h1-12,23-24H. The number of aldehydes is 1. The van der Waals surface area contributed by atoms with Gasteiger partial charge in [-0.1, -0.05) is 48.5 Å². The van der Waals surface area contributed by atoms with Gasteiger partial charge in [0.05, 0.1) is 0 Å². The highest BCUT2D eigenvalue weighted by atomic mass is 16.3. The molecule has 0 spiro atoms. The molecule has 4 rings (SSSR count). The van der Waals surface area contributed by atoms with Crippen molar-refractivity contribution in [1.29, 1.82) is 0 Å². The van der Waals surface area contributed by atoms with E-state index in [2.05, 4.69) is 6.07 Å². The second kappa shape index (κ2) is 5.39. The quantitative estimate of drug-likeness (QED) is 0.315. The zero-order valence-electron chi connectivity index (χ0n) is 12.7. The Bertz CT molecular complexity index is 1100. The predicted molar refractivity (Wildman–Crippen MR) is 95.6 cm³/mol. The zero-order chi connectivity index (χ0) is 16.7. The van der Waals surface area contributed by atoms with Gasteiger partial charge in [0, 0.05) is 10.9 Å². The van der Waals surface area contributed by atoms with Crippen LogP contribution in [0.15, 0.2) is 66.7 Å². The largest absolute Gasteiger partial charge is 0.504 e. The molecule has 3 nitrogen and oxygen atoms in total. The Morgan fingerprint density at radius 3 is 2.33 bits per heavy atom. The van der Waals surface area contributed by atoms with E-state index in [1.165, 1.54) is 12.1 Å². The van der Waals surface area contributed by atoms with Gasteiger partial charge < -0.3 is 10.2 Å². The zero-order valence-corrected chi connectivity index (χ0v) is 12.7. The summed E-state index contributed by atoms with van der Waals surface area (Å²) in [5.41, 5.74) is 2.22. The monoisotopic (exact) mass is 314 g/mol. The molecule has 0 aliphatic carbocycles. The Morgan fingerprint density at radius 1 is 0.750 bits per heavy atom. The van der Waals surface area contributed by atoms with Crippen LogP contribution in [0.5, 0.6) is 11.5 Å². The lowest BCUT2D eigenvalue weighted by Crippen LogP contribution is -1.91. The fourth-order valence-corrected chi connectivity index (χ4v) is 3.22. The van der Waals surface area contributed by atoms with Gasteiger partial charge in [0.15, 0.2) is 17.8 Å². The van der Waals surface area contributed by atoms with Crippen molar-refractivity contribution in [3.63, 3.8) is 0 Å². The summed E-state index contributed by atoms with van der Waals surface area (Å²) >= 11 is 0. The van der Waals surface area contributed by atoms with E-state index in [1.807, 2.05) is 42.5 Å². The maximum Gasteiger partial charge on any atom is 0.158 e. The number of benzene rings is 4. The van der Waals surface area contributed by atoms with Crippen LogP contribution in [-0.2, 0) is 0 Å². The van der Waals surface area contributed by atoms with E-state index in [-0.39, 0.29) is 11.5 Å². The molecule has 0 aliphatic heterocycles. The minimum Gasteiger partial charge on any atom is -0.504 e. The first kappa shape index (κ1) is 14.3. The minimum absolute atomic E-state index is 0.167. The molecule has 0 saturated heterocycles. The lowest BCUT2D eigenvalue weighted by atomic mass is 9.91. The highest BCUT2D eigenvalue weighted by Crippen LogP contribution is 2.37. The summed E-state index contributed by atoms with van der Waals surface area (Å²) in [4.78, 5) is 11.8. The van der Waals surface area contributed by atoms with Gasteiger partial charge in [-0.15, -0.1) is 0 Å². The summed E-state index contributed by atoms with van der Waals surface area (Å²) in [7, 11) is 0. The minimum atomic E-state index is -0.182. The first-order valence-electron chi connectivity index (χ1n) is 7.61. The molecule has 0 bridgehead atoms. The Balaban J connectivity index is 2.15. The van der Waals surface area contributed by atoms with E-state index >= 15 is 0 Å². The number of phenols is 2. The van der Waals surface area contributed by atoms with Crippen molar-refractivity contribution < 1.29 is 15.0 Å². The van der Waals surface area contributed by atoms with Gasteiger partial charge in [-0.2, -0.15) is 0 Å². The summed E-state index contributed by atoms with van der Waals surface area (Å²) in [5.74, 6) is -0.349. The maximum atomic E-state index is 11.8. The molecule has 0 saturated carbocycles. The van der Waals surface area contributed by atoms with Gasteiger partial charge in [-0.3, -0.25) is 4.79 Å². The lowest BCUT2D eigenvalue weighted by molar-refractivity contribution is 0.112. The third-order valence-electron chi connectivity index (χ3n) is 4.33. The van der Waals surface area contributed by atoms with Crippen molar-refractivity contribution in [2.45, 2.75) is 0 Å². The van der Waals surface area contributed by atoms with Crippen molar-refractivity contribution in [2.75, 3.05) is 0 Å². The summed E-state index contributed by atoms with van der Waals surface area (Å²) in [6.45, 7) is 0. The summed E-state index contributed by atoms with van der Waals surface area (Å²) in [6, 6.07) is 20.3.